The van der Waals surface area contributed by atoms with Gasteiger partial charge in [0, 0.05) is 0 Å². The SMILES string of the molecule is COC(=O)C(N)Cc1ccc(Oc2ccc(/C=C3\SC(=S)N(CC(=O)O)C3=O)cc2)cc1.Cl. The third kappa shape index (κ3) is 7.03. The molecule has 0 radical (unpaired) electrons. The summed E-state index contributed by atoms with van der Waals surface area (Å²) in [5.41, 5.74) is 7.40. The highest BCUT2D eigenvalue weighted by atomic mass is 35.5. The fraction of sp³-hybridized carbons (Fsp3) is 0.182. The predicted molar refractivity (Wildman–Crippen MR) is 131 cm³/mol. The maximum absolute atomic E-state index is 12.3. The Morgan fingerprint density at radius 2 is 1.73 bits per heavy atom. The molecule has 1 unspecified atom stereocenters. The van der Waals surface area contributed by atoms with E-state index < -0.39 is 30.4 Å². The van der Waals surface area contributed by atoms with Gasteiger partial charge in [0.05, 0.1) is 12.0 Å². The normalized spacial score (nSPS) is 15.2. The number of nitrogens with two attached hydrogens (primary N) is 1. The van der Waals surface area contributed by atoms with Crippen molar-refractivity contribution in [1.29, 1.82) is 0 Å². The number of carboxylic acids is 1. The van der Waals surface area contributed by atoms with Crippen molar-refractivity contribution in [3.8, 4) is 11.5 Å². The van der Waals surface area contributed by atoms with Crippen LogP contribution in [0.3, 0.4) is 0 Å². The number of carbonyl (C=O) groups excluding carboxylic acids is 2. The van der Waals surface area contributed by atoms with Crippen LogP contribution in [0.25, 0.3) is 6.08 Å². The van der Waals surface area contributed by atoms with E-state index in [1.807, 2.05) is 12.1 Å². The number of aliphatic carboxylic acids is 1. The molecule has 0 bridgehead atoms. The van der Waals surface area contributed by atoms with Crippen LogP contribution in [0.1, 0.15) is 11.1 Å². The molecule has 0 aliphatic carbocycles. The van der Waals surface area contributed by atoms with Crippen molar-refractivity contribution in [1.82, 2.24) is 4.90 Å². The molecule has 1 amide bonds. The highest BCUT2D eigenvalue weighted by Gasteiger charge is 2.33. The standard InChI is InChI=1S/C22H20N2O6S2.ClH/c1-29-21(28)17(23)10-13-2-6-15(7-3-13)30-16-8-4-14(5-9-16)11-18-20(27)24(12-19(25)26)22(31)32-18;/h2-9,11,17H,10,12,23H2,1H3,(H,25,26);1H/b18-11-;. The first-order chi connectivity index (χ1) is 15.3. The van der Waals surface area contributed by atoms with E-state index in [0.717, 1.165) is 27.8 Å². The lowest BCUT2D eigenvalue weighted by Gasteiger charge is -2.10. The Morgan fingerprint density at radius 1 is 1.15 bits per heavy atom. The van der Waals surface area contributed by atoms with Gasteiger partial charge in [0.1, 0.15) is 28.4 Å². The average Bonchev–Trinajstić information content (AvgIpc) is 3.02. The molecular weight excluding hydrogens is 488 g/mol. The van der Waals surface area contributed by atoms with Gasteiger partial charge in [-0.15, -0.1) is 12.4 Å². The van der Waals surface area contributed by atoms with E-state index in [1.165, 1.54) is 7.11 Å². The molecule has 1 saturated heterocycles. The second kappa shape index (κ2) is 11.8. The minimum atomic E-state index is -1.12. The van der Waals surface area contributed by atoms with Crippen LogP contribution < -0.4 is 10.5 Å². The number of amides is 1. The van der Waals surface area contributed by atoms with Crippen molar-refractivity contribution in [3.63, 3.8) is 0 Å². The smallest absolute Gasteiger partial charge is 0.323 e. The van der Waals surface area contributed by atoms with Gasteiger partial charge >= 0.3 is 11.9 Å². The summed E-state index contributed by atoms with van der Waals surface area (Å²) in [5, 5.41) is 8.90. The average molecular weight is 509 g/mol. The van der Waals surface area contributed by atoms with E-state index >= 15 is 0 Å². The Labute approximate surface area is 206 Å². The molecule has 1 aliphatic rings. The highest BCUT2D eigenvalue weighted by Crippen LogP contribution is 2.32. The summed E-state index contributed by atoms with van der Waals surface area (Å²) in [6.45, 7) is -0.456. The van der Waals surface area contributed by atoms with Crippen molar-refractivity contribution >= 4 is 64.6 Å². The second-order valence-electron chi connectivity index (χ2n) is 6.81. The van der Waals surface area contributed by atoms with E-state index in [9.17, 15) is 14.4 Å². The zero-order valence-corrected chi connectivity index (χ0v) is 19.9. The molecule has 0 aromatic heterocycles. The molecule has 33 heavy (non-hydrogen) atoms. The molecule has 1 heterocycles. The first-order valence-corrected chi connectivity index (χ1v) is 10.7. The van der Waals surface area contributed by atoms with Crippen LogP contribution in [0, 0.1) is 0 Å². The molecule has 0 saturated carbocycles. The lowest BCUT2D eigenvalue weighted by atomic mass is 10.1. The van der Waals surface area contributed by atoms with Crippen molar-refractivity contribution in [2.75, 3.05) is 13.7 Å². The number of thiocarbonyl (C=S) groups is 1. The number of ether oxygens (including phenoxy) is 2. The number of benzene rings is 2. The van der Waals surface area contributed by atoms with Crippen molar-refractivity contribution in [2.45, 2.75) is 12.5 Å². The summed E-state index contributed by atoms with van der Waals surface area (Å²) in [7, 11) is 1.30. The molecule has 8 nitrogen and oxygen atoms in total. The summed E-state index contributed by atoms with van der Waals surface area (Å²) in [4.78, 5) is 36.1. The molecule has 1 aliphatic heterocycles. The van der Waals surface area contributed by atoms with Crippen LogP contribution >= 0.6 is 36.4 Å². The number of methoxy groups -OCH3 is 1. The van der Waals surface area contributed by atoms with Crippen LogP contribution in [0.2, 0.25) is 0 Å². The Hall–Kier alpha value is -2.92. The van der Waals surface area contributed by atoms with E-state index in [-0.39, 0.29) is 16.7 Å². The minimum Gasteiger partial charge on any atom is -0.480 e. The Morgan fingerprint density at radius 3 is 2.27 bits per heavy atom. The van der Waals surface area contributed by atoms with Gasteiger partial charge in [-0.2, -0.15) is 0 Å². The number of carbonyl (C=O) groups is 3. The zero-order chi connectivity index (χ0) is 23.3. The van der Waals surface area contributed by atoms with Gasteiger partial charge in [-0.1, -0.05) is 48.2 Å². The van der Waals surface area contributed by atoms with Crippen LogP contribution in [0.5, 0.6) is 11.5 Å². The molecule has 1 atom stereocenters. The maximum atomic E-state index is 12.3. The van der Waals surface area contributed by atoms with Crippen LogP contribution in [0.4, 0.5) is 0 Å². The van der Waals surface area contributed by atoms with Gasteiger partial charge in [0.25, 0.3) is 5.91 Å². The molecular formula is C22H21ClN2O6S2. The predicted octanol–water partition coefficient (Wildman–Crippen LogP) is 3.23. The van der Waals surface area contributed by atoms with Gasteiger partial charge in [-0.3, -0.25) is 19.3 Å². The summed E-state index contributed by atoms with van der Waals surface area (Å²) in [6, 6.07) is 13.6. The molecule has 2 aromatic carbocycles. The van der Waals surface area contributed by atoms with E-state index in [2.05, 4.69) is 4.74 Å². The minimum absolute atomic E-state index is 0. The number of rotatable bonds is 8. The monoisotopic (exact) mass is 508 g/mol. The van der Waals surface area contributed by atoms with Crippen LogP contribution in [-0.4, -0.2) is 51.9 Å². The third-order valence-electron chi connectivity index (χ3n) is 4.46. The molecule has 1 fully saturated rings. The summed E-state index contributed by atoms with van der Waals surface area (Å²) in [6.07, 6.45) is 2.02. The van der Waals surface area contributed by atoms with Crippen molar-refractivity contribution in [2.24, 2.45) is 5.73 Å². The second-order valence-corrected chi connectivity index (χ2v) is 8.49. The van der Waals surface area contributed by atoms with Crippen LogP contribution in [-0.2, 0) is 25.5 Å². The molecule has 174 valence electrons. The maximum Gasteiger partial charge on any atom is 0.323 e. The Kier molecular flexibility index (Phi) is 9.42. The number of nitrogens with zero attached hydrogens (tertiary/aromatic N) is 1. The summed E-state index contributed by atoms with van der Waals surface area (Å²) < 4.78 is 10.7. The van der Waals surface area contributed by atoms with Gasteiger partial charge in [0.2, 0.25) is 0 Å². The first-order valence-electron chi connectivity index (χ1n) is 9.44. The fourth-order valence-corrected chi connectivity index (χ4v) is 4.13. The number of hydrogen-bond acceptors (Lipinski definition) is 8. The molecule has 0 spiro atoms. The third-order valence-corrected chi connectivity index (χ3v) is 5.84. The number of carboxylic acid groups (broad SMARTS) is 1. The number of halogens is 1. The van der Waals surface area contributed by atoms with Gasteiger partial charge in [0.15, 0.2) is 0 Å². The molecule has 3 rings (SSSR count). The lowest BCUT2D eigenvalue weighted by Crippen LogP contribution is -2.33. The zero-order valence-electron chi connectivity index (χ0n) is 17.4. The number of thioether (sulfide) groups is 1. The summed E-state index contributed by atoms with van der Waals surface area (Å²) in [5.74, 6) is -0.796. The van der Waals surface area contributed by atoms with Gasteiger partial charge < -0.3 is 20.3 Å². The largest absolute Gasteiger partial charge is 0.480 e. The lowest BCUT2D eigenvalue weighted by molar-refractivity contribution is -0.142. The topological polar surface area (TPSA) is 119 Å². The van der Waals surface area contributed by atoms with E-state index in [0.29, 0.717) is 22.8 Å². The quantitative estimate of drug-likeness (QED) is 0.314. The van der Waals surface area contributed by atoms with Crippen molar-refractivity contribution < 1.29 is 29.0 Å². The van der Waals surface area contributed by atoms with Crippen LogP contribution in [0.15, 0.2) is 53.4 Å². The Balaban J connectivity index is 0.00000385. The first kappa shape index (κ1) is 26.3. The molecule has 3 N–H and O–H groups in total. The fourth-order valence-electron chi connectivity index (χ4n) is 2.87. The molecule has 2 aromatic rings. The van der Waals surface area contributed by atoms with Gasteiger partial charge in [-0.05, 0) is 47.9 Å². The molecule has 11 heteroatoms. The van der Waals surface area contributed by atoms with E-state index in [4.69, 9.17) is 27.8 Å². The van der Waals surface area contributed by atoms with Crippen molar-refractivity contribution in [3.05, 3.63) is 64.6 Å². The number of esters is 1. The van der Waals surface area contributed by atoms with E-state index in [1.54, 1.807) is 42.5 Å². The highest BCUT2D eigenvalue weighted by molar-refractivity contribution is 8.26. The Bertz CT molecular complexity index is 1070. The van der Waals surface area contributed by atoms with Gasteiger partial charge in [-0.25, -0.2) is 0 Å². The summed E-state index contributed by atoms with van der Waals surface area (Å²) >= 11 is 6.16. The number of hydrogen-bond donors (Lipinski definition) is 2.